The van der Waals surface area contributed by atoms with Crippen molar-refractivity contribution in [2.75, 3.05) is 0 Å². The third kappa shape index (κ3) is 3.74. The molecule has 0 aromatic rings. The summed E-state index contributed by atoms with van der Waals surface area (Å²) >= 11 is 0. The first-order valence-corrected chi connectivity index (χ1v) is 5.81. The lowest BCUT2D eigenvalue weighted by molar-refractivity contribution is -0.176. The van der Waals surface area contributed by atoms with Crippen molar-refractivity contribution in [2.45, 2.75) is 57.5 Å². The molecule has 19 heavy (non-hydrogen) atoms. The molecule has 0 aromatic carbocycles. The Morgan fingerprint density at radius 1 is 1.21 bits per heavy atom. The Balaban J connectivity index is 2.99. The average Bonchev–Trinajstić information content (AvgIpc) is 2.57. The quantitative estimate of drug-likeness (QED) is 0.797. The Bertz CT molecular complexity index is 376. The number of rotatable bonds is 1. The van der Waals surface area contributed by atoms with Crippen molar-refractivity contribution in [3.63, 3.8) is 0 Å². The number of amides is 2. The first kappa shape index (κ1) is 15.6. The number of ether oxygens (including phenoxy) is 1. The van der Waals surface area contributed by atoms with Gasteiger partial charge in [-0.1, -0.05) is 0 Å². The fourth-order valence-corrected chi connectivity index (χ4v) is 1.98. The Morgan fingerprint density at radius 2 is 1.74 bits per heavy atom. The number of carbonyl (C=O) groups is 2. The summed E-state index contributed by atoms with van der Waals surface area (Å²) in [5, 5.41) is 0. The van der Waals surface area contributed by atoms with Gasteiger partial charge in [0.15, 0.2) is 0 Å². The van der Waals surface area contributed by atoms with Gasteiger partial charge in [-0.3, -0.25) is 9.69 Å². The van der Waals surface area contributed by atoms with Crippen LogP contribution in [0.25, 0.3) is 0 Å². The highest BCUT2D eigenvalue weighted by Crippen LogP contribution is 2.36. The second-order valence-electron chi connectivity index (χ2n) is 5.44. The Hall–Kier alpha value is -1.47. The molecule has 1 saturated heterocycles. The van der Waals surface area contributed by atoms with Crippen molar-refractivity contribution in [2.24, 2.45) is 5.73 Å². The molecule has 2 N–H and O–H groups in total. The maximum Gasteiger partial charge on any atom is 0.411 e. The molecule has 0 aromatic heterocycles. The van der Waals surface area contributed by atoms with Crippen molar-refractivity contribution >= 4 is 12.0 Å². The summed E-state index contributed by atoms with van der Waals surface area (Å²) in [6, 6.07) is -3.30. The van der Waals surface area contributed by atoms with Crippen LogP contribution in [-0.4, -0.2) is 40.8 Å². The monoisotopic (exact) mass is 282 g/mol. The number of nitrogens with zero attached hydrogens (tertiary/aromatic N) is 1. The van der Waals surface area contributed by atoms with E-state index < -0.39 is 35.9 Å². The first-order valence-electron chi connectivity index (χ1n) is 5.81. The van der Waals surface area contributed by atoms with Crippen LogP contribution >= 0.6 is 0 Å². The third-order valence-corrected chi connectivity index (χ3v) is 2.70. The number of hydrogen-bond acceptors (Lipinski definition) is 3. The van der Waals surface area contributed by atoms with Crippen LogP contribution < -0.4 is 5.73 Å². The van der Waals surface area contributed by atoms with E-state index in [2.05, 4.69) is 0 Å². The van der Waals surface area contributed by atoms with Gasteiger partial charge in [-0.25, -0.2) is 4.79 Å². The van der Waals surface area contributed by atoms with Gasteiger partial charge in [0.2, 0.25) is 5.91 Å². The van der Waals surface area contributed by atoms with Gasteiger partial charge < -0.3 is 10.5 Å². The molecule has 110 valence electrons. The lowest BCUT2D eigenvalue weighted by atomic mass is 10.2. The highest BCUT2D eigenvalue weighted by Gasteiger charge is 2.54. The van der Waals surface area contributed by atoms with Crippen LogP contribution in [0.5, 0.6) is 0 Å². The molecule has 0 bridgehead atoms. The van der Waals surface area contributed by atoms with Crippen molar-refractivity contribution in [1.82, 2.24) is 4.90 Å². The van der Waals surface area contributed by atoms with Gasteiger partial charge in [-0.15, -0.1) is 0 Å². The Morgan fingerprint density at radius 3 is 2.11 bits per heavy atom. The zero-order valence-corrected chi connectivity index (χ0v) is 11.0. The topological polar surface area (TPSA) is 72.6 Å². The molecule has 2 atom stereocenters. The molecular formula is C11H17F3N2O3. The van der Waals surface area contributed by atoms with E-state index in [0.717, 1.165) is 0 Å². The number of likely N-dealkylation sites (tertiary alicyclic amines) is 1. The SMILES string of the molecule is CC(C)(C)OC(=O)N1C(C(N)=O)CCC1C(F)(F)F. The molecule has 1 aliphatic heterocycles. The van der Waals surface area contributed by atoms with Crippen LogP contribution in [0, 0.1) is 0 Å². The highest BCUT2D eigenvalue weighted by atomic mass is 19.4. The fourth-order valence-electron chi connectivity index (χ4n) is 1.98. The van der Waals surface area contributed by atoms with E-state index in [1.807, 2.05) is 0 Å². The number of nitrogens with two attached hydrogens (primary N) is 1. The van der Waals surface area contributed by atoms with Crippen LogP contribution in [0.4, 0.5) is 18.0 Å². The summed E-state index contributed by atoms with van der Waals surface area (Å²) in [6.45, 7) is 4.59. The lowest BCUT2D eigenvalue weighted by Crippen LogP contribution is -2.53. The molecule has 2 amide bonds. The number of carbonyl (C=O) groups excluding carboxylic acids is 2. The van der Waals surface area contributed by atoms with Crippen LogP contribution in [0.1, 0.15) is 33.6 Å². The highest BCUT2D eigenvalue weighted by molar-refractivity contribution is 5.85. The van der Waals surface area contributed by atoms with E-state index in [9.17, 15) is 22.8 Å². The van der Waals surface area contributed by atoms with Gasteiger partial charge in [0.05, 0.1) is 0 Å². The molecule has 5 nitrogen and oxygen atoms in total. The second kappa shape index (κ2) is 4.90. The molecule has 0 radical (unpaired) electrons. The molecule has 1 fully saturated rings. The summed E-state index contributed by atoms with van der Waals surface area (Å²) in [6.07, 6.45) is -6.24. The van der Waals surface area contributed by atoms with Crippen molar-refractivity contribution in [3.05, 3.63) is 0 Å². The predicted molar refractivity (Wildman–Crippen MR) is 60.1 cm³/mol. The number of hydrogen-bond donors (Lipinski definition) is 1. The van der Waals surface area contributed by atoms with Crippen molar-refractivity contribution in [3.8, 4) is 0 Å². The summed E-state index contributed by atoms with van der Waals surface area (Å²) in [4.78, 5) is 23.4. The van der Waals surface area contributed by atoms with E-state index in [0.29, 0.717) is 4.90 Å². The maximum absolute atomic E-state index is 12.8. The molecule has 8 heteroatoms. The van der Waals surface area contributed by atoms with E-state index in [1.165, 1.54) is 20.8 Å². The normalized spacial score (nSPS) is 24.4. The molecule has 1 heterocycles. The zero-order chi connectivity index (χ0) is 15.0. The van der Waals surface area contributed by atoms with Crippen LogP contribution in [0.15, 0.2) is 0 Å². The van der Waals surface area contributed by atoms with E-state index in [-0.39, 0.29) is 12.8 Å². The van der Waals surface area contributed by atoms with Crippen LogP contribution in [0.2, 0.25) is 0 Å². The van der Waals surface area contributed by atoms with Gasteiger partial charge in [-0.2, -0.15) is 13.2 Å². The van der Waals surface area contributed by atoms with E-state index in [1.54, 1.807) is 0 Å². The van der Waals surface area contributed by atoms with Gasteiger partial charge in [-0.05, 0) is 33.6 Å². The molecule has 1 aliphatic rings. The maximum atomic E-state index is 12.8. The van der Waals surface area contributed by atoms with Crippen LogP contribution in [0.3, 0.4) is 0 Å². The first-order chi connectivity index (χ1) is 8.43. The van der Waals surface area contributed by atoms with E-state index >= 15 is 0 Å². The Kier molecular flexibility index (Phi) is 4.02. The summed E-state index contributed by atoms with van der Waals surface area (Å²) < 4.78 is 43.4. The third-order valence-electron chi connectivity index (χ3n) is 2.70. The lowest BCUT2D eigenvalue weighted by Gasteiger charge is -2.32. The summed E-state index contributed by atoms with van der Waals surface area (Å²) in [7, 11) is 0. The molecule has 1 rings (SSSR count). The largest absolute Gasteiger partial charge is 0.444 e. The predicted octanol–water partition coefficient (Wildman–Crippen LogP) is 1.80. The fraction of sp³-hybridized carbons (Fsp3) is 0.818. The van der Waals surface area contributed by atoms with Gasteiger partial charge in [0.1, 0.15) is 17.7 Å². The molecule has 0 aliphatic carbocycles. The average molecular weight is 282 g/mol. The zero-order valence-electron chi connectivity index (χ0n) is 11.0. The van der Waals surface area contributed by atoms with Crippen molar-refractivity contribution in [1.29, 1.82) is 0 Å². The molecule has 0 spiro atoms. The number of halogens is 3. The molecule has 0 saturated carbocycles. The smallest absolute Gasteiger partial charge is 0.411 e. The minimum Gasteiger partial charge on any atom is -0.444 e. The van der Waals surface area contributed by atoms with Crippen LogP contribution in [-0.2, 0) is 9.53 Å². The van der Waals surface area contributed by atoms with Gasteiger partial charge in [0, 0.05) is 0 Å². The van der Waals surface area contributed by atoms with Crippen molar-refractivity contribution < 1.29 is 27.5 Å². The number of alkyl halides is 3. The van der Waals surface area contributed by atoms with Gasteiger partial charge in [0.25, 0.3) is 0 Å². The minimum absolute atomic E-state index is 0.112. The minimum atomic E-state index is -4.61. The standard InChI is InChI=1S/C11H17F3N2O3/c1-10(2,3)19-9(18)16-6(8(15)17)4-5-7(16)11(12,13)14/h6-7H,4-5H2,1-3H3,(H2,15,17). The summed E-state index contributed by atoms with van der Waals surface area (Å²) in [5.41, 5.74) is 4.09. The second-order valence-corrected chi connectivity index (χ2v) is 5.44. The molecular weight excluding hydrogens is 265 g/mol. The molecule has 2 unspecified atom stereocenters. The number of primary amides is 1. The van der Waals surface area contributed by atoms with E-state index in [4.69, 9.17) is 10.5 Å². The summed E-state index contributed by atoms with van der Waals surface area (Å²) in [5.74, 6) is -0.961. The van der Waals surface area contributed by atoms with Gasteiger partial charge >= 0.3 is 12.3 Å². The Labute approximate surface area is 108 Å².